The van der Waals surface area contributed by atoms with Gasteiger partial charge in [0.25, 0.3) is 0 Å². The van der Waals surface area contributed by atoms with Crippen molar-refractivity contribution in [2.75, 3.05) is 73.2 Å². The lowest BCUT2D eigenvalue weighted by atomic mass is 10.0. The number of ether oxygens (including phenoxy) is 2. The van der Waals surface area contributed by atoms with Crippen LogP contribution in [0.1, 0.15) is 5.76 Å². The van der Waals surface area contributed by atoms with Crippen molar-refractivity contribution in [2.24, 2.45) is 0 Å². The maximum atomic E-state index is 6.22. The fourth-order valence-electron chi connectivity index (χ4n) is 3.38. The molecule has 0 N–H and O–H groups in total. The zero-order valence-corrected chi connectivity index (χ0v) is 14.4. The molecule has 23 heavy (non-hydrogen) atoms. The van der Waals surface area contributed by atoms with Gasteiger partial charge in [-0.1, -0.05) is 0 Å². The molecule has 1 aromatic rings. The number of nitrogens with zero attached hydrogens (tertiary/aromatic N) is 3. The Morgan fingerprint density at radius 2 is 2.00 bits per heavy atom. The first-order valence-corrected chi connectivity index (χ1v) is 8.49. The van der Waals surface area contributed by atoms with Gasteiger partial charge in [0.05, 0.1) is 32.6 Å². The van der Waals surface area contributed by atoms with E-state index in [1.54, 1.807) is 6.26 Å². The highest BCUT2D eigenvalue weighted by atomic mass is 16.5. The van der Waals surface area contributed by atoms with Crippen LogP contribution in [0, 0.1) is 0 Å². The molecule has 1 atom stereocenters. The summed E-state index contributed by atoms with van der Waals surface area (Å²) in [7, 11) is 4.23. The highest BCUT2D eigenvalue weighted by Crippen LogP contribution is 2.23. The van der Waals surface area contributed by atoms with Gasteiger partial charge in [0.2, 0.25) is 0 Å². The minimum absolute atomic E-state index is 0.215. The number of morpholine rings is 1. The highest BCUT2D eigenvalue weighted by molar-refractivity contribution is 5.00. The topological polar surface area (TPSA) is 41.3 Å². The predicted molar refractivity (Wildman–Crippen MR) is 88.5 cm³/mol. The zero-order chi connectivity index (χ0) is 16.1. The van der Waals surface area contributed by atoms with Gasteiger partial charge in [0.15, 0.2) is 0 Å². The first-order chi connectivity index (χ1) is 11.2. The van der Waals surface area contributed by atoms with Gasteiger partial charge in [-0.05, 0) is 26.2 Å². The first kappa shape index (κ1) is 16.9. The smallest absolute Gasteiger partial charge is 0.117 e. The van der Waals surface area contributed by atoms with Gasteiger partial charge in [-0.25, -0.2) is 0 Å². The van der Waals surface area contributed by atoms with Crippen molar-refractivity contribution in [3.8, 4) is 0 Å². The van der Waals surface area contributed by atoms with Crippen molar-refractivity contribution in [3.63, 3.8) is 0 Å². The van der Waals surface area contributed by atoms with Crippen molar-refractivity contribution in [2.45, 2.75) is 12.1 Å². The lowest BCUT2D eigenvalue weighted by molar-refractivity contribution is -0.143. The van der Waals surface area contributed by atoms with Crippen LogP contribution in [0.4, 0.5) is 0 Å². The van der Waals surface area contributed by atoms with Crippen molar-refractivity contribution in [1.82, 2.24) is 14.7 Å². The summed E-state index contributed by atoms with van der Waals surface area (Å²) in [5.74, 6) is 1.01. The summed E-state index contributed by atoms with van der Waals surface area (Å²) in [6.07, 6.45) is 1.74. The number of likely N-dealkylation sites (N-methyl/N-ethyl adjacent to an activating group) is 1. The number of hydrogen-bond donors (Lipinski definition) is 0. The Bertz CT molecular complexity index is 466. The summed E-state index contributed by atoms with van der Waals surface area (Å²) < 4.78 is 17.6. The van der Waals surface area contributed by atoms with E-state index in [0.717, 1.165) is 64.8 Å². The Morgan fingerprint density at radius 1 is 1.17 bits per heavy atom. The van der Waals surface area contributed by atoms with E-state index in [2.05, 4.69) is 28.8 Å². The SMILES string of the molecule is CN(C)CCN1CCOC[C@]2(C1)CN(Cc1ccco1)CCO2. The standard InChI is InChI=1S/C17H29N3O3/c1-18(2)5-6-19-7-10-21-15-17(13-19)14-20(8-11-23-17)12-16-4-3-9-22-16/h3-4,9H,5-8,10-15H2,1-2H3/t17-/m0/s1. The van der Waals surface area contributed by atoms with Gasteiger partial charge in [0.1, 0.15) is 11.4 Å². The molecule has 0 aromatic carbocycles. The molecule has 0 radical (unpaired) electrons. The van der Waals surface area contributed by atoms with Crippen molar-refractivity contribution in [3.05, 3.63) is 24.2 Å². The lowest BCUT2D eigenvalue weighted by Crippen LogP contribution is -2.58. The highest BCUT2D eigenvalue weighted by Gasteiger charge is 2.40. The fraction of sp³-hybridized carbons (Fsp3) is 0.765. The van der Waals surface area contributed by atoms with E-state index >= 15 is 0 Å². The van der Waals surface area contributed by atoms with Crippen LogP contribution < -0.4 is 0 Å². The normalized spacial score (nSPS) is 27.6. The molecule has 2 fully saturated rings. The van der Waals surface area contributed by atoms with Crippen LogP contribution >= 0.6 is 0 Å². The zero-order valence-electron chi connectivity index (χ0n) is 14.4. The van der Waals surface area contributed by atoms with Gasteiger partial charge in [-0.15, -0.1) is 0 Å². The van der Waals surface area contributed by atoms with Crippen molar-refractivity contribution >= 4 is 0 Å². The molecule has 6 nitrogen and oxygen atoms in total. The van der Waals surface area contributed by atoms with E-state index in [1.165, 1.54) is 0 Å². The molecule has 0 aliphatic carbocycles. The van der Waals surface area contributed by atoms with Crippen LogP contribution in [0.2, 0.25) is 0 Å². The second-order valence-electron chi connectivity index (χ2n) is 6.95. The first-order valence-electron chi connectivity index (χ1n) is 8.49. The molecule has 2 saturated heterocycles. The summed E-state index contributed by atoms with van der Waals surface area (Å²) in [4.78, 5) is 7.12. The number of furan rings is 1. The maximum Gasteiger partial charge on any atom is 0.117 e. The molecule has 6 heteroatoms. The Labute approximate surface area is 138 Å². The molecular formula is C17H29N3O3. The third-order valence-corrected chi connectivity index (χ3v) is 4.58. The molecule has 2 aliphatic heterocycles. The largest absolute Gasteiger partial charge is 0.468 e. The average Bonchev–Trinajstić information content (AvgIpc) is 2.94. The molecule has 3 heterocycles. The number of rotatable bonds is 5. The molecule has 0 saturated carbocycles. The molecule has 0 bridgehead atoms. The van der Waals surface area contributed by atoms with E-state index in [0.29, 0.717) is 6.61 Å². The van der Waals surface area contributed by atoms with Gasteiger partial charge >= 0.3 is 0 Å². The minimum atomic E-state index is -0.215. The second-order valence-corrected chi connectivity index (χ2v) is 6.95. The molecule has 1 aromatic heterocycles. The second kappa shape index (κ2) is 7.77. The van der Waals surface area contributed by atoms with Crippen LogP contribution in [-0.2, 0) is 16.0 Å². The molecule has 1 spiro atoms. The Hall–Kier alpha value is -0.920. The lowest BCUT2D eigenvalue weighted by Gasteiger charge is -2.43. The maximum absolute atomic E-state index is 6.22. The quantitative estimate of drug-likeness (QED) is 0.796. The van der Waals surface area contributed by atoms with Crippen LogP contribution in [0.3, 0.4) is 0 Å². The molecule has 0 amide bonds. The van der Waals surface area contributed by atoms with E-state index < -0.39 is 0 Å². The monoisotopic (exact) mass is 323 g/mol. The van der Waals surface area contributed by atoms with Gasteiger partial charge in [-0.3, -0.25) is 9.80 Å². The molecule has 3 rings (SSSR count). The summed E-state index contributed by atoms with van der Waals surface area (Å²) >= 11 is 0. The van der Waals surface area contributed by atoms with Crippen molar-refractivity contribution < 1.29 is 13.9 Å². The Morgan fingerprint density at radius 3 is 2.78 bits per heavy atom. The van der Waals surface area contributed by atoms with Crippen molar-refractivity contribution in [1.29, 1.82) is 0 Å². The Balaban J connectivity index is 1.61. The van der Waals surface area contributed by atoms with Crippen LogP contribution in [0.5, 0.6) is 0 Å². The van der Waals surface area contributed by atoms with Crippen LogP contribution in [0.25, 0.3) is 0 Å². The Kier molecular flexibility index (Phi) is 5.71. The van der Waals surface area contributed by atoms with Gasteiger partial charge < -0.3 is 18.8 Å². The molecular weight excluding hydrogens is 294 g/mol. The van der Waals surface area contributed by atoms with E-state index in [-0.39, 0.29) is 5.60 Å². The molecule has 2 aliphatic rings. The summed E-state index contributed by atoms with van der Waals surface area (Å²) in [5, 5.41) is 0. The van der Waals surface area contributed by atoms with Crippen LogP contribution in [0.15, 0.2) is 22.8 Å². The number of hydrogen-bond acceptors (Lipinski definition) is 6. The minimum Gasteiger partial charge on any atom is -0.468 e. The molecule has 130 valence electrons. The van der Waals surface area contributed by atoms with E-state index in [1.807, 2.05) is 12.1 Å². The summed E-state index contributed by atoms with van der Waals surface area (Å²) in [6.45, 7) is 8.95. The molecule has 0 unspecified atom stereocenters. The van der Waals surface area contributed by atoms with Gasteiger partial charge in [-0.2, -0.15) is 0 Å². The van der Waals surface area contributed by atoms with Gasteiger partial charge in [0, 0.05) is 39.3 Å². The third kappa shape index (κ3) is 4.78. The summed E-state index contributed by atoms with van der Waals surface area (Å²) in [5.41, 5.74) is -0.215. The summed E-state index contributed by atoms with van der Waals surface area (Å²) in [6, 6.07) is 3.98. The van der Waals surface area contributed by atoms with Crippen LogP contribution in [-0.4, -0.2) is 93.5 Å². The average molecular weight is 323 g/mol. The van der Waals surface area contributed by atoms with E-state index in [9.17, 15) is 0 Å². The third-order valence-electron chi connectivity index (χ3n) is 4.58. The predicted octanol–water partition coefficient (Wildman–Crippen LogP) is 0.744. The van der Waals surface area contributed by atoms with E-state index in [4.69, 9.17) is 13.9 Å². The fourth-order valence-corrected chi connectivity index (χ4v) is 3.38.